The van der Waals surface area contributed by atoms with Crippen LogP contribution in [-0.2, 0) is 0 Å². The fourth-order valence-corrected chi connectivity index (χ4v) is 2.56. The predicted octanol–water partition coefficient (Wildman–Crippen LogP) is 5.08. The number of hydrogen-bond donors (Lipinski definition) is 1. The molecule has 3 heteroatoms. The monoisotopic (exact) mass is 289 g/mol. The van der Waals surface area contributed by atoms with E-state index in [1.54, 1.807) is 6.92 Å². The highest BCUT2D eigenvalue weighted by Gasteiger charge is 2.19. The summed E-state index contributed by atoms with van der Waals surface area (Å²) >= 11 is 0. The van der Waals surface area contributed by atoms with Crippen LogP contribution in [0.4, 0.5) is 8.78 Å². The van der Waals surface area contributed by atoms with Crippen LogP contribution in [0.3, 0.4) is 0 Å². The van der Waals surface area contributed by atoms with E-state index in [9.17, 15) is 8.78 Å². The Morgan fingerprint density at radius 3 is 2.10 bits per heavy atom. The summed E-state index contributed by atoms with van der Waals surface area (Å²) in [6.07, 6.45) is 0.851. The van der Waals surface area contributed by atoms with Crippen molar-refractivity contribution >= 4 is 0 Å². The van der Waals surface area contributed by atoms with Gasteiger partial charge in [0.15, 0.2) is 0 Å². The van der Waals surface area contributed by atoms with Crippen LogP contribution in [0.2, 0.25) is 0 Å². The van der Waals surface area contributed by atoms with Crippen molar-refractivity contribution in [3.8, 4) is 0 Å². The highest BCUT2D eigenvalue weighted by atomic mass is 19.1. The average molecular weight is 289 g/mol. The van der Waals surface area contributed by atoms with Crippen molar-refractivity contribution in [3.63, 3.8) is 0 Å². The summed E-state index contributed by atoms with van der Waals surface area (Å²) in [7, 11) is 0. The standard InChI is InChI=1S/C18H21F2N/c1-4-17(14-10-8-12(2)9-11-14)21-13(3)18-15(19)6-5-7-16(18)20/h5-11,13,17,21H,4H2,1-3H3. The molecule has 21 heavy (non-hydrogen) atoms. The molecule has 0 aliphatic rings. The van der Waals surface area contributed by atoms with Gasteiger partial charge in [-0.3, -0.25) is 0 Å². The van der Waals surface area contributed by atoms with Gasteiger partial charge in [0.25, 0.3) is 0 Å². The van der Waals surface area contributed by atoms with Crippen LogP contribution in [-0.4, -0.2) is 0 Å². The summed E-state index contributed by atoms with van der Waals surface area (Å²) in [4.78, 5) is 0. The van der Waals surface area contributed by atoms with Crippen molar-refractivity contribution in [1.29, 1.82) is 0 Å². The Bertz CT molecular complexity index is 572. The molecule has 0 spiro atoms. The van der Waals surface area contributed by atoms with E-state index in [2.05, 4.69) is 24.4 Å². The molecule has 2 aromatic carbocycles. The van der Waals surface area contributed by atoms with Crippen LogP contribution in [0.25, 0.3) is 0 Å². The Morgan fingerprint density at radius 1 is 1.00 bits per heavy atom. The lowest BCUT2D eigenvalue weighted by Crippen LogP contribution is -2.25. The molecule has 2 unspecified atom stereocenters. The van der Waals surface area contributed by atoms with Crippen molar-refractivity contribution < 1.29 is 8.78 Å². The zero-order valence-corrected chi connectivity index (χ0v) is 12.7. The van der Waals surface area contributed by atoms with Crippen LogP contribution >= 0.6 is 0 Å². The molecule has 2 atom stereocenters. The van der Waals surface area contributed by atoms with Gasteiger partial charge in [0.05, 0.1) is 0 Å². The molecule has 2 aromatic rings. The third-order valence-electron chi connectivity index (χ3n) is 3.77. The van der Waals surface area contributed by atoms with Gasteiger partial charge in [-0.05, 0) is 38.0 Å². The first-order chi connectivity index (χ1) is 10.0. The minimum Gasteiger partial charge on any atom is -0.303 e. The van der Waals surface area contributed by atoms with Crippen molar-refractivity contribution in [1.82, 2.24) is 5.32 Å². The number of nitrogens with one attached hydrogen (secondary N) is 1. The van der Waals surface area contributed by atoms with Crippen LogP contribution in [0.5, 0.6) is 0 Å². The van der Waals surface area contributed by atoms with E-state index in [1.807, 2.05) is 19.1 Å². The lowest BCUT2D eigenvalue weighted by molar-refractivity contribution is 0.426. The molecule has 0 aromatic heterocycles. The van der Waals surface area contributed by atoms with Gasteiger partial charge in [0.1, 0.15) is 11.6 Å². The predicted molar refractivity (Wildman–Crippen MR) is 82.1 cm³/mol. The topological polar surface area (TPSA) is 12.0 Å². The van der Waals surface area contributed by atoms with Gasteiger partial charge >= 0.3 is 0 Å². The van der Waals surface area contributed by atoms with Crippen molar-refractivity contribution in [2.75, 3.05) is 0 Å². The third-order valence-corrected chi connectivity index (χ3v) is 3.77. The van der Waals surface area contributed by atoms with Gasteiger partial charge in [0.2, 0.25) is 0 Å². The first-order valence-electron chi connectivity index (χ1n) is 7.29. The third kappa shape index (κ3) is 3.67. The van der Waals surface area contributed by atoms with E-state index in [-0.39, 0.29) is 11.6 Å². The number of rotatable bonds is 5. The molecule has 0 saturated heterocycles. The lowest BCUT2D eigenvalue weighted by atomic mass is 10.00. The highest BCUT2D eigenvalue weighted by molar-refractivity contribution is 5.26. The molecule has 0 aliphatic carbocycles. The Morgan fingerprint density at radius 2 is 1.57 bits per heavy atom. The lowest BCUT2D eigenvalue weighted by Gasteiger charge is -2.24. The molecule has 2 rings (SSSR count). The average Bonchev–Trinajstić information content (AvgIpc) is 2.45. The quantitative estimate of drug-likeness (QED) is 0.809. The molecular formula is C18H21F2N. The minimum absolute atomic E-state index is 0.0691. The molecule has 0 heterocycles. The van der Waals surface area contributed by atoms with Gasteiger partial charge in [0, 0.05) is 17.6 Å². The first kappa shape index (κ1) is 15.6. The van der Waals surface area contributed by atoms with E-state index in [0.717, 1.165) is 12.0 Å². The number of benzene rings is 2. The van der Waals surface area contributed by atoms with Crippen LogP contribution < -0.4 is 5.32 Å². The van der Waals surface area contributed by atoms with Crippen LogP contribution in [0, 0.1) is 18.6 Å². The highest BCUT2D eigenvalue weighted by Crippen LogP contribution is 2.25. The molecule has 0 bridgehead atoms. The van der Waals surface area contributed by atoms with E-state index in [0.29, 0.717) is 0 Å². The molecule has 0 amide bonds. The second-order valence-electron chi connectivity index (χ2n) is 5.40. The zero-order valence-electron chi connectivity index (χ0n) is 12.7. The molecule has 0 fully saturated rings. The zero-order chi connectivity index (χ0) is 15.4. The van der Waals surface area contributed by atoms with Gasteiger partial charge in [-0.2, -0.15) is 0 Å². The Kier molecular flexibility index (Phi) is 5.07. The van der Waals surface area contributed by atoms with Gasteiger partial charge < -0.3 is 5.32 Å². The van der Waals surface area contributed by atoms with E-state index in [1.165, 1.54) is 23.8 Å². The van der Waals surface area contributed by atoms with Crippen LogP contribution in [0.1, 0.15) is 49.0 Å². The van der Waals surface area contributed by atoms with Gasteiger partial charge in [-0.1, -0.05) is 42.8 Å². The number of hydrogen-bond acceptors (Lipinski definition) is 1. The van der Waals surface area contributed by atoms with E-state index in [4.69, 9.17) is 0 Å². The Hall–Kier alpha value is -1.74. The molecule has 112 valence electrons. The largest absolute Gasteiger partial charge is 0.303 e. The summed E-state index contributed by atoms with van der Waals surface area (Å²) in [6.45, 7) is 5.88. The molecule has 1 N–H and O–H groups in total. The molecule has 0 radical (unpaired) electrons. The smallest absolute Gasteiger partial charge is 0.130 e. The maximum Gasteiger partial charge on any atom is 0.130 e. The Labute approximate surface area is 125 Å². The summed E-state index contributed by atoms with van der Waals surface area (Å²) in [6, 6.07) is 11.9. The molecule has 0 aliphatic heterocycles. The van der Waals surface area contributed by atoms with Crippen molar-refractivity contribution in [2.24, 2.45) is 0 Å². The SMILES string of the molecule is CCC(NC(C)c1c(F)cccc1F)c1ccc(C)cc1. The number of aryl methyl sites for hydroxylation is 1. The summed E-state index contributed by atoms with van der Waals surface area (Å²) in [5, 5.41) is 3.32. The summed E-state index contributed by atoms with van der Waals surface area (Å²) in [5.74, 6) is -1.01. The number of halogens is 2. The van der Waals surface area contributed by atoms with Crippen molar-refractivity contribution in [3.05, 3.63) is 70.8 Å². The maximum atomic E-state index is 13.8. The second-order valence-corrected chi connectivity index (χ2v) is 5.40. The van der Waals surface area contributed by atoms with E-state index < -0.39 is 17.7 Å². The van der Waals surface area contributed by atoms with Crippen LogP contribution in [0.15, 0.2) is 42.5 Å². The molecule has 1 nitrogen and oxygen atoms in total. The fraction of sp³-hybridized carbons (Fsp3) is 0.333. The first-order valence-corrected chi connectivity index (χ1v) is 7.29. The minimum atomic E-state index is -0.506. The normalized spacial score (nSPS) is 14.0. The summed E-state index contributed by atoms with van der Waals surface area (Å²) in [5.41, 5.74) is 2.43. The molecule has 0 saturated carbocycles. The summed E-state index contributed by atoms with van der Waals surface area (Å²) < 4.78 is 27.7. The fourth-order valence-electron chi connectivity index (χ4n) is 2.56. The second kappa shape index (κ2) is 6.81. The van der Waals surface area contributed by atoms with Crippen molar-refractivity contribution in [2.45, 2.75) is 39.3 Å². The maximum absolute atomic E-state index is 13.8. The van der Waals surface area contributed by atoms with E-state index >= 15 is 0 Å². The molecular weight excluding hydrogens is 268 g/mol. The Balaban J connectivity index is 2.20. The van der Waals surface area contributed by atoms with Gasteiger partial charge in [-0.25, -0.2) is 8.78 Å². The van der Waals surface area contributed by atoms with Gasteiger partial charge in [-0.15, -0.1) is 0 Å².